The number of aryl methyl sites for hydroxylation is 1. The Morgan fingerprint density at radius 1 is 1.06 bits per heavy atom. The van der Waals surface area contributed by atoms with E-state index in [9.17, 15) is 18.3 Å². The van der Waals surface area contributed by atoms with Crippen molar-refractivity contribution in [1.29, 1.82) is 0 Å². The van der Waals surface area contributed by atoms with Crippen LogP contribution in [0.2, 0.25) is 0 Å². The second-order valence-corrected chi connectivity index (χ2v) is 3.96. The Morgan fingerprint density at radius 2 is 1.71 bits per heavy atom. The first-order valence-electron chi connectivity index (χ1n) is 5.14. The van der Waals surface area contributed by atoms with E-state index in [-0.39, 0.29) is 5.56 Å². The van der Waals surface area contributed by atoms with Crippen molar-refractivity contribution >= 4 is 10.8 Å². The van der Waals surface area contributed by atoms with Gasteiger partial charge in [-0.25, -0.2) is 0 Å². The van der Waals surface area contributed by atoms with E-state index in [0.717, 1.165) is 0 Å². The molecule has 2 aromatic carbocycles. The first-order valence-corrected chi connectivity index (χ1v) is 5.14. The lowest BCUT2D eigenvalue weighted by Crippen LogP contribution is -2.21. The minimum Gasteiger partial charge on any atom is -0.379 e. The van der Waals surface area contributed by atoms with E-state index < -0.39 is 12.3 Å². The molecule has 2 aromatic rings. The zero-order valence-electron chi connectivity index (χ0n) is 9.12. The molecule has 1 N–H and O–H groups in total. The predicted molar refractivity (Wildman–Crippen MR) is 59.7 cm³/mol. The Balaban J connectivity index is 2.71. The topological polar surface area (TPSA) is 20.2 Å². The summed E-state index contributed by atoms with van der Waals surface area (Å²) in [6, 6.07) is 10.1. The summed E-state index contributed by atoms with van der Waals surface area (Å²) in [5.41, 5.74) is 0.379. The molecule has 17 heavy (non-hydrogen) atoms. The highest BCUT2D eigenvalue weighted by Gasteiger charge is 2.40. The van der Waals surface area contributed by atoms with Crippen LogP contribution in [0.5, 0.6) is 0 Å². The smallest absolute Gasteiger partial charge is 0.379 e. The number of aliphatic hydroxyl groups excluding tert-OH is 1. The summed E-state index contributed by atoms with van der Waals surface area (Å²) in [5.74, 6) is 0. The summed E-state index contributed by atoms with van der Waals surface area (Å²) in [6.45, 7) is 1.57. The van der Waals surface area contributed by atoms with E-state index in [2.05, 4.69) is 0 Å². The molecule has 0 aromatic heterocycles. The van der Waals surface area contributed by atoms with Gasteiger partial charge in [-0.15, -0.1) is 0 Å². The Bertz CT molecular complexity index is 546. The van der Waals surface area contributed by atoms with Crippen molar-refractivity contribution in [3.8, 4) is 0 Å². The molecule has 0 saturated carbocycles. The molecule has 4 heteroatoms. The Morgan fingerprint density at radius 3 is 2.35 bits per heavy atom. The fourth-order valence-electron chi connectivity index (χ4n) is 1.93. The summed E-state index contributed by atoms with van der Waals surface area (Å²) < 4.78 is 37.8. The van der Waals surface area contributed by atoms with Crippen molar-refractivity contribution in [3.05, 3.63) is 47.5 Å². The standard InChI is InChI=1S/C13H11F3O/c1-8-6-7-9-4-2-3-5-10(9)11(8)12(17)13(14,15)16/h2-7,12,17H,1H3/t12-/m0/s1. The second kappa shape index (κ2) is 4.04. The molecule has 0 bridgehead atoms. The van der Waals surface area contributed by atoms with E-state index in [1.165, 1.54) is 0 Å². The van der Waals surface area contributed by atoms with Gasteiger partial charge in [0.2, 0.25) is 0 Å². The maximum absolute atomic E-state index is 12.6. The van der Waals surface area contributed by atoms with Crippen LogP contribution >= 0.6 is 0 Å². The van der Waals surface area contributed by atoms with Crippen molar-refractivity contribution in [2.45, 2.75) is 19.2 Å². The fourth-order valence-corrected chi connectivity index (χ4v) is 1.93. The van der Waals surface area contributed by atoms with Crippen LogP contribution in [0.15, 0.2) is 36.4 Å². The lowest BCUT2D eigenvalue weighted by Gasteiger charge is -2.19. The number of halogens is 3. The quantitative estimate of drug-likeness (QED) is 0.805. The molecule has 0 heterocycles. The maximum atomic E-state index is 12.6. The van der Waals surface area contributed by atoms with Gasteiger partial charge in [0.25, 0.3) is 0 Å². The molecule has 2 rings (SSSR count). The molecule has 0 unspecified atom stereocenters. The second-order valence-electron chi connectivity index (χ2n) is 3.96. The number of aliphatic hydroxyl groups is 1. The van der Waals surface area contributed by atoms with Crippen LogP contribution in [-0.4, -0.2) is 11.3 Å². The van der Waals surface area contributed by atoms with Gasteiger partial charge in [-0.3, -0.25) is 0 Å². The fraction of sp³-hybridized carbons (Fsp3) is 0.231. The van der Waals surface area contributed by atoms with Gasteiger partial charge in [-0.05, 0) is 23.3 Å². The van der Waals surface area contributed by atoms with E-state index in [1.807, 2.05) is 0 Å². The van der Waals surface area contributed by atoms with E-state index in [4.69, 9.17) is 0 Å². The summed E-state index contributed by atoms with van der Waals surface area (Å²) in [6.07, 6.45) is -7.08. The molecule has 0 fully saturated rings. The first kappa shape index (κ1) is 11.9. The third kappa shape index (κ3) is 2.13. The van der Waals surface area contributed by atoms with E-state index in [0.29, 0.717) is 16.3 Å². The van der Waals surface area contributed by atoms with Crippen molar-refractivity contribution in [1.82, 2.24) is 0 Å². The van der Waals surface area contributed by atoms with Crippen LogP contribution in [0, 0.1) is 6.92 Å². The van der Waals surface area contributed by atoms with Crippen LogP contribution in [0.1, 0.15) is 17.2 Å². The number of hydrogen-bond donors (Lipinski definition) is 1. The van der Waals surface area contributed by atoms with Crippen molar-refractivity contribution in [2.24, 2.45) is 0 Å². The lowest BCUT2D eigenvalue weighted by molar-refractivity contribution is -0.206. The molecular formula is C13H11F3O. The Kier molecular flexibility index (Phi) is 2.83. The molecular weight excluding hydrogens is 229 g/mol. The third-order valence-electron chi connectivity index (χ3n) is 2.77. The zero-order valence-corrected chi connectivity index (χ0v) is 9.12. The summed E-state index contributed by atoms with van der Waals surface area (Å²) in [7, 11) is 0. The molecule has 0 amide bonds. The average Bonchev–Trinajstić information content (AvgIpc) is 2.27. The van der Waals surface area contributed by atoms with Crippen LogP contribution in [0.4, 0.5) is 13.2 Å². The average molecular weight is 240 g/mol. The third-order valence-corrected chi connectivity index (χ3v) is 2.77. The van der Waals surface area contributed by atoms with Crippen LogP contribution in [0.3, 0.4) is 0 Å². The zero-order chi connectivity index (χ0) is 12.6. The SMILES string of the molecule is Cc1ccc2ccccc2c1[C@H](O)C(F)(F)F. The molecule has 0 radical (unpaired) electrons. The highest BCUT2D eigenvalue weighted by molar-refractivity contribution is 5.87. The number of rotatable bonds is 1. The maximum Gasteiger partial charge on any atom is 0.418 e. The summed E-state index contributed by atoms with van der Waals surface area (Å²) in [4.78, 5) is 0. The highest BCUT2D eigenvalue weighted by Crippen LogP contribution is 2.37. The van der Waals surface area contributed by atoms with Gasteiger partial charge in [-0.2, -0.15) is 13.2 Å². The number of fused-ring (bicyclic) bond motifs is 1. The molecule has 1 atom stereocenters. The molecule has 0 aliphatic heterocycles. The normalized spacial score (nSPS) is 13.9. The van der Waals surface area contributed by atoms with E-state index in [1.54, 1.807) is 43.3 Å². The summed E-state index contributed by atoms with van der Waals surface area (Å²) in [5, 5.41) is 10.5. The van der Waals surface area contributed by atoms with E-state index >= 15 is 0 Å². The molecule has 0 saturated heterocycles. The van der Waals surface area contributed by atoms with Gasteiger partial charge in [0.1, 0.15) is 0 Å². The number of hydrogen-bond acceptors (Lipinski definition) is 1. The number of benzene rings is 2. The number of alkyl halides is 3. The largest absolute Gasteiger partial charge is 0.418 e. The molecule has 0 aliphatic carbocycles. The van der Waals surface area contributed by atoms with Crippen molar-refractivity contribution < 1.29 is 18.3 Å². The molecule has 1 nitrogen and oxygen atoms in total. The Hall–Kier alpha value is -1.55. The van der Waals surface area contributed by atoms with Crippen LogP contribution in [0.25, 0.3) is 10.8 Å². The summed E-state index contributed by atoms with van der Waals surface area (Å²) >= 11 is 0. The minimum atomic E-state index is -4.64. The Labute approximate surface area is 96.5 Å². The van der Waals surface area contributed by atoms with Gasteiger partial charge < -0.3 is 5.11 Å². The van der Waals surface area contributed by atoms with Crippen molar-refractivity contribution in [3.63, 3.8) is 0 Å². The van der Waals surface area contributed by atoms with Crippen LogP contribution in [-0.2, 0) is 0 Å². The van der Waals surface area contributed by atoms with Crippen molar-refractivity contribution in [2.75, 3.05) is 0 Å². The van der Waals surface area contributed by atoms with Gasteiger partial charge in [0, 0.05) is 5.56 Å². The highest BCUT2D eigenvalue weighted by atomic mass is 19.4. The van der Waals surface area contributed by atoms with Gasteiger partial charge in [0.05, 0.1) is 0 Å². The predicted octanol–water partition coefficient (Wildman–Crippen LogP) is 3.74. The molecule has 90 valence electrons. The molecule has 0 aliphatic rings. The molecule has 0 spiro atoms. The van der Waals surface area contributed by atoms with Crippen LogP contribution < -0.4 is 0 Å². The minimum absolute atomic E-state index is 0.0596. The van der Waals surface area contributed by atoms with Gasteiger partial charge in [-0.1, -0.05) is 36.4 Å². The van der Waals surface area contributed by atoms with Gasteiger partial charge >= 0.3 is 6.18 Å². The first-order chi connectivity index (χ1) is 7.91. The monoisotopic (exact) mass is 240 g/mol. The lowest BCUT2D eigenvalue weighted by atomic mass is 9.95. The van der Waals surface area contributed by atoms with Gasteiger partial charge in [0.15, 0.2) is 6.10 Å².